The largest absolute Gasteiger partial charge is 0.504 e. The fourth-order valence-electron chi connectivity index (χ4n) is 1.48. The smallest absolute Gasteiger partial charge is 0.296 e. The van der Waals surface area contributed by atoms with E-state index in [-0.39, 0.29) is 22.6 Å². The molecule has 1 N–H and O–H groups in total. The molecule has 2 rings (SSSR count). The molecular weight excluding hydrogens is 254 g/mol. The number of phenolic OH excluding ortho intramolecular Hbond substituents is 1. The number of carbonyl (C=O) groups is 1. The van der Waals surface area contributed by atoms with Crippen molar-refractivity contribution in [1.82, 2.24) is 4.90 Å². The van der Waals surface area contributed by atoms with E-state index in [2.05, 4.69) is 0 Å². The van der Waals surface area contributed by atoms with E-state index in [1.54, 1.807) is 25.3 Å². The lowest BCUT2D eigenvalue weighted by Gasteiger charge is -2.04. The van der Waals surface area contributed by atoms with Gasteiger partial charge in [0.25, 0.3) is 11.1 Å². The normalized spacial score (nSPS) is 17.2. The molecule has 0 saturated carbocycles. The Balaban J connectivity index is 2.34. The van der Waals surface area contributed by atoms with E-state index in [1.165, 1.54) is 18.1 Å². The second-order valence-corrected chi connectivity index (χ2v) is 4.02. The van der Waals surface area contributed by atoms with Gasteiger partial charge in [-0.2, -0.15) is 0 Å². The van der Waals surface area contributed by atoms with E-state index in [1.807, 2.05) is 0 Å². The fraction of sp³-hybridized carbons (Fsp3) is 0.167. The molecule has 1 aromatic rings. The molecular formula is C12H11NO4S. The average Bonchev–Trinajstić information content (AvgIpc) is 2.59. The average molecular weight is 265 g/mol. The van der Waals surface area contributed by atoms with Crippen molar-refractivity contribution in [2.24, 2.45) is 0 Å². The molecule has 1 aliphatic heterocycles. The third kappa shape index (κ3) is 2.14. The Morgan fingerprint density at radius 2 is 2.22 bits per heavy atom. The van der Waals surface area contributed by atoms with Crippen molar-refractivity contribution in [3.63, 3.8) is 0 Å². The molecule has 94 valence electrons. The molecule has 0 aromatic heterocycles. The van der Waals surface area contributed by atoms with Crippen LogP contribution in [-0.2, 0) is 9.53 Å². The van der Waals surface area contributed by atoms with Gasteiger partial charge in [0.1, 0.15) is 0 Å². The Labute approximate surface area is 109 Å². The van der Waals surface area contributed by atoms with Gasteiger partial charge in [-0.15, -0.1) is 0 Å². The van der Waals surface area contributed by atoms with Gasteiger partial charge >= 0.3 is 0 Å². The van der Waals surface area contributed by atoms with Crippen molar-refractivity contribution in [3.8, 4) is 11.5 Å². The number of benzene rings is 1. The molecule has 0 radical (unpaired) electrons. The summed E-state index contributed by atoms with van der Waals surface area (Å²) in [5.41, 5.74) is 0.672. The highest BCUT2D eigenvalue weighted by Gasteiger charge is 2.29. The van der Waals surface area contributed by atoms with Gasteiger partial charge in [-0.3, -0.25) is 9.69 Å². The van der Waals surface area contributed by atoms with Gasteiger partial charge in [-0.05, 0) is 36.0 Å². The van der Waals surface area contributed by atoms with Crippen molar-refractivity contribution in [1.29, 1.82) is 0 Å². The summed E-state index contributed by atoms with van der Waals surface area (Å²) in [5.74, 6) is 0.207. The minimum atomic E-state index is -0.299. The van der Waals surface area contributed by atoms with Crippen LogP contribution in [0.15, 0.2) is 24.0 Å². The van der Waals surface area contributed by atoms with Gasteiger partial charge in [-0.25, -0.2) is 0 Å². The highest BCUT2D eigenvalue weighted by atomic mass is 32.1. The first-order valence-corrected chi connectivity index (χ1v) is 5.52. The number of ether oxygens (including phenoxy) is 2. The first-order valence-electron chi connectivity index (χ1n) is 5.11. The summed E-state index contributed by atoms with van der Waals surface area (Å²) in [4.78, 5) is 13.0. The maximum atomic E-state index is 11.7. The zero-order chi connectivity index (χ0) is 13.3. The van der Waals surface area contributed by atoms with Gasteiger partial charge < -0.3 is 14.6 Å². The molecule has 0 bridgehead atoms. The standard InChI is InChI=1S/C12H11NO4S/c1-13-11(15)10(17-12(13)18)6-7-3-4-8(14)9(5-7)16-2/h3-6,14H,1-2H3. The Kier molecular flexibility index (Phi) is 3.20. The molecule has 1 aromatic carbocycles. The molecule has 1 fully saturated rings. The monoisotopic (exact) mass is 265 g/mol. The molecule has 5 nitrogen and oxygen atoms in total. The second-order valence-electron chi connectivity index (χ2n) is 3.67. The van der Waals surface area contributed by atoms with Crippen molar-refractivity contribution in [2.75, 3.05) is 14.2 Å². The van der Waals surface area contributed by atoms with Crippen LogP contribution < -0.4 is 4.74 Å². The summed E-state index contributed by atoms with van der Waals surface area (Å²) in [6.45, 7) is 0. The number of carbonyl (C=O) groups excluding carboxylic acids is 1. The number of thiocarbonyl (C=S) groups is 1. The molecule has 1 amide bonds. The van der Waals surface area contributed by atoms with Crippen LogP contribution >= 0.6 is 12.2 Å². The molecule has 0 spiro atoms. The van der Waals surface area contributed by atoms with E-state index in [0.717, 1.165) is 0 Å². The van der Waals surface area contributed by atoms with Crippen LogP contribution in [0.2, 0.25) is 0 Å². The predicted molar refractivity (Wildman–Crippen MR) is 69.1 cm³/mol. The highest BCUT2D eigenvalue weighted by Crippen LogP contribution is 2.28. The SMILES string of the molecule is COc1cc(C=C2OC(=S)N(C)C2=O)ccc1O. The van der Waals surface area contributed by atoms with Crippen molar-refractivity contribution in [2.45, 2.75) is 0 Å². The number of hydrogen-bond acceptors (Lipinski definition) is 5. The summed E-state index contributed by atoms with van der Waals surface area (Å²) in [6.07, 6.45) is 1.54. The first-order chi connectivity index (χ1) is 8.52. The lowest BCUT2D eigenvalue weighted by molar-refractivity contribution is -0.122. The Bertz CT molecular complexity index is 553. The number of amides is 1. The molecule has 1 saturated heterocycles. The van der Waals surface area contributed by atoms with Gasteiger partial charge in [0, 0.05) is 7.05 Å². The molecule has 0 unspecified atom stereocenters. The lowest BCUT2D eigenvalue weighted by Crippen LogP contribution is -2.22. The zero-order valence-corrected chi connectivity index (χ0v) is 10.7. The highest BCUT2D eigenvalue weighted by molar-refractivity contribution is 7.80. The number of methoxy groups -OCH3 is 1. The molecule has 1 aliphatic rings. The van der Waals surface area contributed by atoms with E-state index in [4.69, 9.17) is 21.7 Å². The summed E-state index contributed by atoms with van der Waals surface area (Å²) >= 11 is 4.86. The van der Waals surface area contributed by atoms with Crippen molar-refractivity contribution >= 4 is 29.4 Å². The number of phenols is 1. The van der Waals surface area contributed by atoms with Crippen LogP contribution in [0.1, 0.15) is 5.56 Å². The zero-order valence-electron chi connectivity index (χ0n) is 9.84. The topological polar surface area (TPSA) is 59.0 Å². The number of hydrogen-bond donors (Lipinski definition) is 1. The number of nitrogens with zero attached hydrogens (tertiary/aromatic N) is 1. The third-order valence-corrected chi connectivity index (χ3v) is 2.85. The Morgan fingerprint density at radius 3 is 2.78 bits per heavy atom. The van der Waals surface area contributed by atoms with E-state index < -0.39 is 0 Å². The van der Waals surface area contributed by atoms with E-state index in [9.17, 15) is 9.90 Å². The van der Waals surface area contributed by atoms with Crippen LogP contribution in [0.3, 0.4) is 0 Å². The Hall–Kier alpha value is -2.08. The molecule has 18 heavy (non-hydrogen) atoms. The third-order valence-electron chi connectivity index (χ3n) is 2.49. The molecule has 1 heterocycles. The number of rotatable bonds is 2. The maximum absolute atomic E-state index is 11.7. The van der Waals surface area contributed by atoms with E-state index >= 15 is 0 Å². The summed E-state index contributed by atoms with van der Waals surface area (Å²) < 4.78 is 10.1. The van der Waals surface area contributed by atoms with Gasteiger partial charge in [0.2, 0.25) is 0 Å². The first kappa shape index (κ1) is 12.4. The quantitative estimate of drug-likeness (QED) is 0.649. The molecule has 6 heteroatoms. The van der Waals surface area contributed by atoms with Crippen LogP contribution in [0.25, 0.3) is 6.08 Å². The van der Waals surface area contributed by atoms with Gasteiger partial charge in [0.05, 0.1) is 7.11 Å². The van der Waals surface area contributed by atoms with E-state index in [0.29, 0.717) is 11.3 Å². The minimum absolute atomic E-state index is 0.0333. The number of likely N-dealkylation sites (N-methyl/N-ethyl adjacent to an activating group) is 1. The molecule has 0 atom stereocenters. The lowest BCUT2D eigenvalue weighted by atomic mass is 10.1. The number of aromatic hydroxyl groups is 1. The summed E-state index contributed by atoms with van der Waals surface area (Å²) in [6, 6.07) is 4.72. The van der Waals surface area contributed by atoms with Gasteiger partial charge in [-0.1, -0.05) is 6.07 Å². The van der Waals surface area contributed by atoms with Crippen molar-refractivity contribution in [3.05, 3.63) is 29.5 Å². The minimum Gasteiger partial charge on any atom is -0.504 e. The fourth-order valence-corrected chi connectivity index (χ4v) is 1.65. The maximum Gasteiger partial charge on any atom is 0.296 e. The van der Waals surface area contributed by atoms with Crippen LogP contribution in [0.5, 0.6) is 11.5 Å². The van der Waals surface area contributed by atoms with Crippen LogP contribution in [-0.4, -0.2) is 35.2 Å². The second kappa shape index (κ2) is 4.66. The Morgan fingerprint density at radius 1 is 1.50 bits per heavy atom. The van der Waals surface area contributed by atoms with Gasteiger partial charge in [0.15, 0.2) is 17.3 Å². The van der Waals surface area contributed by atoms with Crippen LogP contribution in [0, 0.1) is 0 Å². The summed E-state index contributed by atoms with van der Waals surface area (Å²) in [5, 5.41) is 9.58. The predicted octanol–water partition coefficient (Wildman–Crippen LogP) is 1.52. The van der Waals surface area contributed by atoms with Crippen molar-refractivity contribution < 1.29 is 19.4 Å². The molecule has 0 aliphatic carbocycles. The van der Waals surface area contributed by atoms with Crippen LogP contribution in [0.4, 0.5) is 0 Å². The summed E-state index contributed by atoms with van der Waals surface area (Å²) in [7, 11) is 3.00.